The number of benzene rings is 1. The van der Waals surface area contributed by atoms with Crippen LogP contribution in [0, 0.1) is 0 Å². The highest BCUT2D eigenvalue weighted by Gasteiger charge is 2.26. The molecule has 2 N–H and O–H groups in total. The molecule has 2 aromatic rings. The molecule has 1 aromatic heterocycles. The number of amides is 1. The van der Waals surface area contributed by atoms with Crippen LogP contribution in [-0.2, 0) is 0 Å². The monoisotopic (exact) mass is 264 g/mol. The highest BCUT2D eigenvalue weighted by molar-refractivity contribution is 6.34. The normalized spacial score (nSPS) is 19.7. The molecule has 1 atom stereocenters. The first-order chi connectivity index (χ1) is 8.65. The van der Waals surface area contributed by atoms with E-state index in [4.69, 9.17) is 21.8 Å². The summed E-state index contributed by atoms with van der Waals surface area (Å²) < 4.78 is 5.54. The largest absolute Gasteiger partial charge is 0.449 e. The third-order valence-corrected chi connectivity index (χ3v) is 3.52. The lowest BCUT2D eigenvalue weighted by Gasteiger charge is -2.13. The molecule has 3 rings (SSSR count). The van der Waals surface area contributed by atoms with Gasteiger partial charge in [-0.05, 0) is 18.6 Å². The van der Waals surface area contributed by atoms with Crippen molar-refractivity contribution in [2.45, 2.75) is 12.5 Å². The van der Waals surface area contributed by atoms with Gasteiger partial charge in [-0.2, -0.15) is 0 Å². The van der Waals surface area contributed by atoms with Gasteiger partial charge in [0.25, 0.3) is 5.91 Å². The van der Waals surface area contributed by atoms with Crippen molar-refractivity contribution >= 4 is 28.5 Å². The van der Waals surface area contributed by atoms with Gasteiger partial charge in [0, 0.05) is 24.5 Å². The predicted octanol–water partition coefficient (Wildman–Crippen LogP) is 2.26. The molecular formula is C13H13ClN2O2. The van der Waals surface area contributed by atoms with E-state index in [0.717, 1.165) is 11.8 Å². The van der Waals surface area contributed by atoms with Crippen LogP contribution in [0.1, 0.15) is 17.0 Å². The standard InChI is InChI=1S/C13H13ClN2O2/c14-10-3-1-2-8-6-11(18-12(8)10)13(17)16-5-4-9(15)7-16/h1-3,6,9H,4-5,7,15H2/t9-/m1/s1. The summed E-state index contributed by atoms with van der Waals surface area (Å²) in [7, 11) is 0. The van der Waals surface area contributed by atoms with Gasteiger partial charge in [0.05, 0.1) is 5.02 Å². The number of carbonyl (C=O) groups is 1. The summed E-state index contributed by atoms with van der Waals surface area (Å²) in [6.07, 6.45) is 0.840. The van der Waals surface area contributed by atoms with Gasteiger partial charge in [-0.25, -0.2) is 0 Å². The van der Waals surface area contributed by atoms with Crippen molar-refractivity contribution in [2.75, 3.05) is 13.1 Å². The number of hydrogen-bond acceptors (Lipinski definition) is 3. The molecule has 4 nitrogen and oxygen atoms in total. The van der Waals surface area contributed by atoms with Crippen molar-refractivity contribution in [3.05, 3.63) is 35.0 Å². The van der Waals surface area contributed by atoms with Gasteiger partial charge >= 0.3 is 0 Å². The van der Waals surface area contributed by atoms with Crippen molar-refractivity contribution in [1.29, 1.82) is 0 Å². The predicted molar refractivity (Wildman–Crippen MR) is 69.7 cm³/mol. The lowest BCUT2D eigenvalue weighted by molar-refractivity contribution is 0.0761. The topological polar surface area (TPSA) is 59.5 Å². The Morgan fingerprint density at radius 2 is 2.33 bits per heavy atom. The summed E-state index contributed by atoms with van der Waals surface area (Å²) in [5.74, 6) is 0.211. The van der Waals surface area contributed by atoms with Crippen LogP contribution < -0.4 is 5.73 Å². The molecule has 0 radical (unpaired) electrons. The van der Waals surface area contributed by atoms with E-state index in [1.165, 1.54) is 0 Å². The number of furan rings is 1. The van der Waals surface area contributed by atoms with Gasteiger partial charge < -0.3 is 15.1 Å². The molecular weight excluding hydrogens is 252 g/mol. The number of fused-ring (bicyclic) bond motifs is 1. The average molecular weight is 265 g/mol. The van der Waals surface area contributed by atoms with Crippen LogP contribution in [0.5, 0.6) is 0 Å². The van der Waals surface area contributed by atoms with Crippen molar-refractivity contribution in [3.63, 3.8) is 0 Å². The summed E-state index contributed by atoms with van der Waals surface area (Å²) in [5, 5.41) is 1.36. The third kappa shape index (κ3) is 1.87. The molecule has 2 heterocycles. The summed E-state index contributed by atoms with van der Waals surface area (Å²) in [6, 6.07) is 7.25. The molecule has 18 heavy (non-hydrogen) atoms. The third-order valence-electron chi connectivity index (χ3n) is 3.22. The fourth-order valence-corrected chi connectivity index (χ4v) is 2.48. The van der Waals surface area contributed by atoms with E-state index < -0.39 is 0 Å². The van der Waals surface area contributed by atoms with Crippen molar-refractivity contribution in [1.82, 2.24) is 4.90 Å². The first-order valence-corrected chi connectivity index (χ1v) is 6.26. The Bertz CT molecular complexity index is 608. The van der Waals surface area contributed by atoms with Gasteiger partial charge in [-0.1, -0.05) is 23.7 Å². The zero-order valence-corrected chi connectivity index (χ0v) is 10.5. The van der Waals surface area contributed by atoms with Crippen LogP contribution in [0.3, 0.4) is 0 Å². The van der Waals surface area contributed by atoms with Crippen molar-refractivity contribution in [3.8, 4) is 0 Å². The maximum atomic E-state index is 12.2. The van der Waals surface area contributed by atoms with Gasteiger partial charge in [-0.15, -0.1) is 0 Å². The van der Waals surface area contributed by atoms with Gasteiger partial charge in [0.2, 0.25) is 0 Å². The molecule has 1 aromatic carbocycles. The molecule has 1 fully saturated rings. The zero-order valence-electron chi connectivity index (χ0n) is 9.73. The van der Waals surface area contributed by atoms with Crippen LogP contribution in [0.2, 0.25) is 5.02 Å². The highest BCUT2D eigenvalue weighted by atomic mass is 35.5. The summed E-state index contributed by atoms with van der Waals surface area (Å²) >= 11 is 6.02. The number of halogens is 1. The Balaban J connectivity index is 1.95. The second-order valence-corrected chi connectivity index (χ2v) is 4.98. The Morgan fingerprint density at radius 1 is 1.50 bits per heavy atom. The first kappa shape index (κ1) is 11.6. The molecule has 1 aliphatic rings. The smallest absolute Gasteiger partial charge is 0.289 e. The molecule has 5 heteroatoms. The van der Waals surface area contributed by atoms with E-state index in [0.29, 0.717) is 29.5 Å². The number of likely N-dealkylation sites (tertiary alicyclic amines) is 1. The summed E-state index contributed by atoms with van der Waals surface area (Å²) in [5.41, 5.74) is 6.36. The van der Waals surface area contributed by atoms with Gasteiger partial charge in [0.15, 0.2) is 11.3 Å². The SMILES string of the molecule is N[C@@H]1CCN(C(=O)c2cc3cccc(Cl)c3o2)C1. The minimum atomic E-state index is -0.116. The van der Waals surface area contributed by atoms with E-state index in [9.17, 15) is 4.79 Å². The Hall–Kier alpha value is -1.52. The number of nitrogens with zero attached hydrogens (tertiary/aromatic N) is 1. The Kier molecular flexibility index (Phi) is 2.76. The molecule has 1 aliphatic heterocycles. The number of carbonyl (C=O) groups excluding carboxylic acids is 1. The second kappa shape index (κ2) is 4.30. The number of para-hydroxylation sites is 1. The summed E-state index contributed by atoms with van der Waals surface area (Å²) in [4.78, 5) is 13.9. The first-order valence-electron chi connectivity index (χ1n) is 5.88. The molecule has 1 amide bonds. The van der Waals surface area contributed by atoms with E-state index in [1.807, 2.05) is 12.1 Å². The molecule has 0 spiro atoms. The summed E-state index contributed by atoms with van der Waals surface area (Å²) in [6.45, 7) is 1.27. The molecule has 0 saturated carbocycles. The Morgan fingerprint density at radius 3 is 3.00 bits per heavy atom. The van der Waals surface area contributed by atoms with Crippen molar-refractivity contribution in [2.24, 2.45) is 5.73 Å². The van der Waals surface area contributed by atoms with Crippen LogP contribution in [0.4, 0.5) is 0 Å². The fourth-order valence-electron chi connectivity index (χ4n) is 2.26. The lowest BCUT2D eigenvalue weighted by atomic mass is 10.2. The van der Waals surface area contributed by atoms with Gasteiger partial charge in [0.1, 0.15) is 0 Å². The zero-order chi connectivity index (χ0) is 12.7. The van der Waals surface area contributed by atoms with E-state index in [2.05, 4.69) is 0 Å². The molecule has 0 bridgehead atoms. The maximum absolute atomic E-state index is 12.2. The quantitative estimate of drug-likeness (QED) is 0.859. The van der Waals surface area contributed by atoms with Crippen LogP contribution >= 0.6 is 11.6 Å². The Labute approximate surface area is 109 Å². The van der Waals surface area contributed by atoms with Crippen LogP contribution in [0.25, 0.3) is 11.0 Å². The number of nitrogens with two attached hydrogens (primary N) is 1. The number of rotatable bonds is 1. The average Bonchev–Trinajstić information content (AvgIpc) is 2.95. The number of hydrogen-bond donors (Lipinski definition) is 1. The second-order valence-electron chi connectivity index (χ2n) is 4.57. The van der Waals surface area contributed by atoms with E-state index in [1.54, 1.807) is 17.0 Å². The highest BCUT2D eigenvalue weighted by Crippen LogP contribution is 2.27. The minimum Gasteiger partial charge on any atom is -0.449 e. The van der Waals surface area contributed by atoms with Crippen LogP contribution in [-0.4, -0.2) is 29.9 Å². The lowest BCUT2D eigenvalue weighted by Crippen LogP contribution is -2.31. The van der Waals surface area contributed by atoms with E-state index in [-0.39, 0.29) is 11.9 Å². The molecule has 1 saturated heterocycles. The van der Waals surface area contributed by atoms with Gasteiger partial charge in [-0.3, -0.25) is 4.79 Å². The maximum Gasteiger partial charge on any atom is 0.289 e. The van der Waals surface area contributed by atoms with Crippen LogP contribution in [0.15, 0.2) is 28.7 Å². The fraction of sp³-hybridized carbons (Fsp3) is 0.308. The minimum absolute atomic E-state index is 0.0712. The molecule has 0 aliphatic carbocycles. The molecule has 0 unspecified atom stereocenters. The molecule has 94 valence electrons. The van der Waals surface area contributed by atoms with Crippen molar-refractivity contribution < 1.29 is 9.21 Å². The van der Waals surface area contributed by atoms with E-state index >= 15 is 0 Å².